The van der Waals surface area contributed by atoms with Gasteiger partial charge in [-0.05, 0) is 43.6 Å². The minimum absolute atomic E-state index is 0.674. The molecule has 0 aromatic carbocycles. The van der Waals surface area contributed by atoms with Crippen molar-refractivity contribution in [1.82, 2.24) is 4.90 Å². The molecule has 1 aliphatic carbocycles. The van der Waals surface area contributed by atoms with Crippen LogP contribution < -0.4 is 5.73 Å². The molecule has 1 saturated carbocycles. The third-order valence-electron chi connectivity index (χ3n) is 4.69. The van der Waals surface area contributed by atoms with E-state index in [1.54, 1.807) is 0 Å². The van der Waals surface area contributed by atoms with Crippen molar-refractivity contribution in [3.8, 4) is 0 Å². The van der Waals surface area contributed by atoms with E-state index < -0.39 is 0 Å². The molecule has 0 bridgehead atoms. The fourth-order valence-corrected chi connectivity index (χ4v) is 3.74. The Morgan fingerprint density at radius 1 is 1.19 bits per heavy atom. The molecule has 0 spiro atoms. The van der Waals surface area contributed by atoms with Gasteiger partial charge in [-0.1, -0.05) is 26.7 Å². The molecule has 4 atom stereocenters. The van der Waals surface area contributed by atoms with E-state index in [1.165, 1.54) is 45.2 Å². The van der Waals surface area contributed by atoms with Crippen LogP contribution in [0, 0.1) is 17.8 Å². The van der Waals surface area contributed by atoms with Crippen LogP contribution in [0.25, 0.3) is 0 Å². The molecule has 94 valence electrons. The van der Waals surface area contributed by atoms with Crippen LogP contribution in [0.4, 0.5) is 0 Å². The highest BCUT2D eigenvalue weighted by molar-refractivity contribution is 4.87. The quantitative estimate of drug-likeness (QED) is 0.798. The second-order valence-electron chi connectivity index (χ2n) is 6.22. The molecule has 2 aliphatic rings. The molecular formula is C14H28N2. The Morgan fingerprint density at radius 2 is 2.00 bits per heavy atom. The van der Waals surface area contributed by atoms with Crippen LogP contribution in [0.2, 0.25) is 0 Å². The molecule has 16 heavy (non-hydrogen) atoms. The molecule has 1 heterocycles. The molecule has 1 saturated heterocycles. The number of nitrogens with zero attached hydrogens (tertiary/aromatic N) is 1. The highest BCUT2D eigenvalue weighted by Crippen LogP contribution is 2.34. The molecule has 0 aromatic heterocycles. The predicted octanol–water partition coefficient (Wildman–Crippen LogP) is 2.48. The van der Waals surface area contributed by atoms with E-state index in [4.69, 9.17) is 5.73 Å². The van der Waals surface area contributed by atoms with Gasteiger partial charge in [0.05, 0.1) is 0 Å². The largest absolute Gasteiger partial charge is 0.329 e. The highest BCUT2D eigenvalue weighted by atomic mass is 15.2. The summed E-state index contributed by atoms with van der Waals surface area (Å²) < 4.78 is 0. The smallest absolute Gasteiger partial charge is 0.0246 e. The molecule has 2 rings (SSSR count). The summed E-state index contributed by atoms with van der Waals surface area (Å²) in [6.45, 7) is 8.22. The minimum atomic E-state index is 0.674. The summed E-state index contributed by atoms with van der Waals surface area (Å²) in [5.74, 6) is 2.68. The number of hydrogen-bond acceptors (Lipinski definition) is 2. The van der Waals surface area contributed by atoms with E-state index in [0.29, 0.717) is 6.04 Å². The first-order valence-corrected chi connectivity index (χ1v) is 7.14. The van der Waals surface area contributed by atoms with Crippen LogP contribution in [0.1, 0.15) is 46.0 Å². The molecule has 2 N–H and O–H groups in total. The molecule has 4 unspecified atom stereocenters. The zero-order chi connectivity index (χ0) is 11.5. The Hall–Kier alpha value is -0.0800. The zero-order valence-corrected chi connectivity index (χ0v) is 11.0. The molecule has 2 nitrogen and oxygen atoms in total. The summed E-state index contributed by atoms with van der Waals surface area (Å²) in [7, 11) is 0. The van der Waals surface area contributed by atoms with E-state index >= 15 is 0 Å². The van der Waals surface area contributed by atoms with Crippen LogP contribution in [0.3, 0.4) is 0 Å². The maximum Gasteiger partial charge on any atom is 0.0246 e. The van der Waals surface area contributed by atoms with Crippen molar-refractivity contribution in [1.29, 1.82) is 0 Å². The third-order valence-corrected chi connectivity index (χ3v) is 4.69. The van der Waals surface area contributed by atoms with Crippen molar-refractivity contribution in [3.05, 3.63) is 0 Å². The SMILES string of the molecule is CC1CCCC(C(CN)N2CCC(C)C2)C1. The summed E-state index contributed by atoms with van der Waals surface area (Å²) in [5, 5.41) is 0. The molecule has 2 heteroatoms. The van der Waals surface area contributed by atoms with Crippen LogP contribution >= 0.6 is 0 Å². The van der Waals surface area contributed by atoms with E-state index in [2.05, 4.69) is 18.7 Å². The fourth-order valence-electron chi connectivity index (χ4n) is 3.74. The number of likely N-dealkylation sites (tertiary alicyclic amines) is 1. The van der Waals surface area contributed by atoms with Gasteiger partial charge in [0.1, 0.15) is 0 Å². The lowest BCUT2D eigenvalue weighted by Crippen LogP contribution is -2.45. The standard InChI is InChI=1S/C14H28N2/c1-11-4-3-5-13(8-11)14(9-15)16-7-6-12(2)10-16/h11-14H,3-10,15H2,1-2H3. The van der Waals surface area contributed by atoms with Crippen LogP contribution in [-0.4, -0.2) is 30.6 Å². The van der Waals surface area contributed by atoms with Crippen molar-refractivity contribution < 1.29 is 0 Å². The van der Waals surface area contributed by atoms with Gasteiger partial charge in [0.2, 0.25) is 0 Å². The summed E-state index contributed by atoms with van der Waals surface area (Å²) in [6.07, 6.45) is 7.05. The molecule has 0 amide bonds. The number of rotatable bonds is 3. The van der Waals surface area contributed by atoms with Crippen molar-refractivity contribution in [2.24, 2.45) is 23.5 Å². The molecule has 1 aliphatic heterocycles. The highest BCUT2D eigenvalue weighted by Gasteiger charge is 2.32. The van der Waals surface area contributed by atoms with E-state index in [-0.39, 0.29) is 0 Å². The van der Waals surface area contributed by atoms with Crippen LogP contribution in [0.15, 0.2) is 0 Å². The van der Waals surface area contributed by atoms with E-state index in [9.17, 15) is 0 Å². The van der Waals surface area contributed by atoms with Gasteiger partial charge in [0, 0.05) is 19.1 Å². The van der Waals surface area contributed by atoms with E-state index in [0.717, 1.165) is 24.3 Å². The summed E-state index contributed by atoms with van der Waals surface area (Å²) in [4.78, 5) is 2.67. The second-order valence-corrected chi connectivity index (χ2v) is 6.22. The Labute approximate surface area is 101 Å². The van der Waals surface area contributed by atoms with Crippen LogP contribution in [-0.2, 0) is 0 Å². The normalized spacial score (nSPS) is 38.8. The van der Waals surface area contributed by atoms with Gasteiger partial charge < -0.3 is 5.73 Å². The number of hydrogen-bond donors (Lipinski definition) is 1. The third kappa shape index (κ3) is 2.78. The van der Waals surface area contributed by atoms with Gasteiger partial charge in [-0.3, -0.25) is 4.90 Å². The van der Waals surface area contributed by atoms with Crippen molar-refractivity contribution in [2.45, 2.75) is 52.0 Å². The minimum Gasteiger partial charge on any atom is -0.329 e. The molecular weight excluding hydrogens is 196 g/mol. The zero-order valence-electron chi connectivity index (χ0n) is 11.0. The van der Waals surface area contributed by atoms with Gasteiger partial charge in [-0.2, -0.15) is 0 Å². The first-order chi connectivity index (χ1) is 7.70. The fraction of sp³-hybridized carbons (Fsp3) is 1.00. The van der Waals surface area contributed by atoms with Gasteiger partial charge in [0.15, 0.2) is 0 Å². The van der Waals surface area contributed by atoms with E-state index in [1.807, 2.05) is 0 Å². The lowest BCUT2D eigenvalue weighted by Gasteiger charge is -2.38. The predicted molar refractivity (Wildman–Crippen MR) is 69.3 cm³/mol. The Balaban J connectivity index is 1.93. The summed E-state index contributed by atoms with van der Waals surface area (Å²) in [5.41, 5.74) is 6.03. The van der Waals surface area contributed by atoms with Crippen LogP contribution in [0.5, 0.6) is 0 Å². The first-order valence-electron chi connectivity index (χ1n) is 7.14. The second kappa shape index (κ2) is 5.50. The lowest BCUT2D eigenvalue weighted by atomic mass is 9.78. The topological polar surface area (TPSA) is 29.3 Å². The first kappa shape index (κ1) is 12.4. The Bertz CT molecular complexity index is 217. The maximum absolute atomic E-state index is 6.03. The Kier molecular flexibility index (Phi) is 4.26. The molecule has 0 aromatic rings. The van der Waals surface area contributed by atoms with Gasteiger partial charge >= 0.3 is 0 Å². The summed E-state index contributed by atoms with van der Waals surface area (Å²) >= 11 is 0. The number of nitrogens with two attached hydrogens (primary N) is 1. The van der Waals surface area contributed by atoms with Gasteiger partial charge in [0.25, 0.3) is 0 Å². The molecule has 2 fully saturated rings. The van der Waals surface area contributed by atoms with Gasteiger partial charge in [-0.25, -0.2) is 0 Å². The Morgan fingerprint density at radius 3 is 2.56 bits per heavy atom. The maximum atomic E-state index is 6.03. The van der Waals surface area contributed by atoms with Crippen molar-refractivity contribution >= 4 is 0 Å². The average Bonchev–Trinajstić information content (AvgIpc) is 2.66. The van der Waals surface area contributed by atoms with Crippen molar-refractivity contribution in [2.75, 3.05) is 19.6 Å². The lowest BCUT2D eigenvalue weighted by molar-refractivity contribution is 0.126. The molecule has 0 radical (unpaired) electrons. The monoisotopic (exact) mass is 224 g/mol. The van der Waals surface area contributed by atoms with Gasteiger partial charge in [-0.15, -0.1) is 0 Å². The van der Waals surface area contributed by atoms with Crippen molar-refractivity contribution in [3.63, 3.8) is 0 Å². The summed E-state index contributed by atoms with van der Waals surface area (Å²) in [6, 6.07) is 0.674. The average molecular weight is 224 g/mol.